The van der Waals surface area contributed by atoms with Crippen LogP contribution in [-0.4, -0.2) is 37.1 Å². The molecule has 0 spiro atoms. The summed E-state index contributed by atoms with van der Waals surface area (Å²) in [4.78, 5) is 2.71. The predicted molar refractivity (Wildman–Crippen MR) is 81.2 cm³/mol. The Kier molecular flexibility index (Phi) is 4.19. The zero-order valence-electron chi connectivity index (χ0n) is 13.1. The Morgan fingerprint density at radius 3 is 2.42 bits per heavy atom. The highest BCUT2D eigenvalue weighted by Gasteiger charge is 2.41. The monoisotopic (exact) mass is 264 g/mol. The molecule has 5 atom stereocenters. The molecule has 3 aliphatic rings. The molecule has 19 heavy (non-hydrogen) atoms. The van der Waals surface area contributed by atoms with Crippen LogP contribution in [0.3, 0.4) is 0 Å². The van der Waals surface area contributed by atoms with E-state index in [0.29, 0.717) is 6.04 Å². The second-order valence-corrected chi connectivity index (χ2v) is 7.84. The summed E-state index contributed by atoms with van der Waals surface area (Å²) < 4.78 is 0. The van der Waals surface area contributed by atoms with E-state index in [1.807, 2.05) is 0 Å². The summed E-state index contributed by atoms with van der Waals surface area (Å²) in [6, 6.07) is 1.50. The van der Waals surface area contributed by atoms with Crippen molar-refractivity contribution in [2.75, 3.05) is 20.1 Å². The van der Waals surface area contributed by atoms with Gasteiger partial charge in [0, 0.05) is 18.6 Å². The van der Waals surface area contributed by atoms with Crippen molar-refractivity contribution in [1.82, 2.24) is 10.2 Å². The van der Waals surface area contributed by atoms with Crippen molar-refractivity contribution in [3.63, 3.8) is 0 Å². The maximum Gasteiger partial charge on any atom is 0.0133 e. The Labute approximate surface area is 119 Å². The van der Waals surface area contributed by atoms with Crippen LogP contribution in [-0.2, 0) is 0 Å². The average Bonchev–Trinajstić information content (AvgIpc) is 2.88. The van der Waals surface area contributed by atoms with Gasteiger partial charge in [-0.15, -0.1) is 0 Å². The first-order chi connectivity index (χ1) is 9.13. The molecule has 0 aromatic carbocycles. The first-order valence-electron chi connectivity index (χ1n) is 8.57. The molecular weight excluding hydrogens is 232 g/mol. The SMILES string of the molecule is CC(C)NCC1CCC1N(C)CC1CC2CCC1C2. The van der Waals surface area contributed by atoms with Crippen molar-refractivity contribution < 1.29 is 0 Å². The highest BCUT2D eigenvalue weighted by Crippen LogP contribution is 2.48. The maximum absolute atomic E-state index is 3.63. The lowest BCUT2D eigenvalue weighted by Gasteiger charge is -2.44. The zero-order chi connectivity index (χ0) is 13.4. The van der Waals surface area contributed by atoms with Gasteiger partial charge in [0.2, 0.25) is 0 Å². The number of hydrogen-bond donors (Lipinski definition) is 1. The van der Waals surface area contributed by atoms with Gasteiger partial charge < -0.3 is 10.2 Å². The van der Waals surface area contributed by atoms with Crippen LogP contribution in [0.5, 0.6) is 0 Å². The standard InChI is InChI=1S/C17H32N2/c1-12(2)18-10-15-6-7-17(15)19(3)11-16-9-13-4-5-14(16)8-13/h12-18H,4-11H2,1-3H3. The number of fused-ring (bicyclic) bond motifs is 2. The molecule has 110 valence electrons. The van der Waals surface area contributed by atoms with Crippen molar-refractivity contribution in [2.24, 2.45) is 23.7 Å². The summed E-state index contributed by atoms with van der Waals surface area (Å²) in [6.45, 7) is 7.12. The van der Waals surface area contributed by atoms with Crippen molar-refractivity contribution >= 4 is 0 Å². The van der Waals surface area contributed by atoms with E-state index in [9.17, 15) is 0 Å². The van der Waals surface area contributed by atoms with Crippen LogP contribution >= 0.6 is 0 Å². The van der Waals surface area contributed by atoms with Crippen LogP contribution in [0.25, 0.3) is 0 Å². The normalized spacial score (nSPS) is 41.2. The van der Waals surface area contributed by atoms with Crippen LogP contribution in [0.1, 0.15) is 52.4 Å². The number of rotatable bonds is 6. The van der Waals surface area contributed by atoms with Gasteiger partial charge in [0.15, 0.2) is 0 Å². The lowest BCUT2D eigenvalue weighted by atomic mass is 9.77. The molecule has 3 fully saturated rings. The summed E-state index contributed by atoms with van der Waals surface area (Å²) in [5.41, 5.74) is 0. The van der Waals surface area contributed by atoms with E-state index >= 15 is 0 Å². The van der Waals surface area contributed by atoms with E-state index in [1.165, 1.54) is 45.2 Å². The van der Waals surface area contributed by atoms with Gasteiger partial charge in [-0.1, -0.05) is 20.3 Å². The van der Waals surface area contributed by atoms with Crippen LogP contribution in [0.15, 0.2) is 0 Å². The molecule has 0 saturated heterocycles. The molecule has 0 heterocycles. The third-order valence-corrected chi connectivity index (χ3v) is 6.14. The first-order valence-corrected chi connectivity index (χ1v) is 8.57. The molecule has 0 aliphatic heterocycles. The third kappa shape index (κ3) is 3.00. The van der Waals surface area contributed by atoms with E-state index < -0.39 is 0 Å². The first kappa shape index (κ1) is 13.9. The van der Waals surface area contributed by atoms with Gasteiger partial charge in [-0.05, 0) is 69.4 Å². The molecule has 0 amide bonds. The molecule has 2 nitrogen and oxygen atoms in total. The van der Waals surface area contributed by atoms with Gasteiger partial charge in [0.1, 0.15) is 0 Å². The Morgan fingerprint density at radius 1 is 1.05 bits per heavy atom. The minimum atomic E-state index is 0.636. The fourth-order valence-electron chi connectivity index (χ4n) is 4.86. The molecule has 2 bridgehead atoms. The second kappa shape index (κ2) is 5.73. The lowest BCUT2D eigenvalue weighted by molar-refractivity contribution is 0.0612. The molecule has 0 aromatic rings. The van der Waals surface area contributed by atoms with Crippen LogP contribution in [0, 0.1) is 23.7 Å². The second-order valence-electron chi connectivity index (χ2n) is 7.84. The minimum Gasteiger partial charge on any atom is -0.314 e. The van der Waals surface area contributed by atoms with Crippen LogP contribution < -0.4 is 5.32 Å². The zero-order valence-corrected chi connectivity index (χ0v) is 13.1. The topological polar surface area (TPSA) is 15.3 Å². The molecule has 3 saturated carbocycles. The Balaban J connectivity index is 1.44. The van der Waals surface area contributed by atoms with Crippen molar-refractivity contribution in [3.05, 3.63) is 0 Å². The van der Waals surface area contributed by atoms with Crippen LogP contribution in [0.4, 0.5) is 0 Å². The van der Waals surface area contributed by atoms with E-state index in [1.54, 1.807) is 6.42 Å². The Bertz CT molecular complexity index is 302. The summed E-state index contributed by atoms with van der Waals surface area (Å²) in [6.07, 6.45) is 9.03. The Hall–Kier alpha value is -0.0800. The molecular formula is C17H32N2. The summed E-state index contributed by atoms with van der Waals surface area (Å²) >= 11 is 0. The highest BCUT2D eigenvalue weighted by atomic mass is 15.2. The van der Waals surface area contributed by atoms with Gasteiger partial charge in [-0.2, -0.15) is 0 Å². The molecule has 5 unspecified atom stereocenters. The molecule has 3 aliphatic carbocycles. The van der Waals surface area contributed by atoms with E-state index in [0.717, 1.165) is 29.7 Å². The molecule has 1 N–H and O–H groups in total. The maximum atomic E-state index is 3.63. The quantitative estimate of drug-likeness (QED) is 0.793. The van der Waals surface area contributed by atoms with Crippen molar-refractivity contribution in [1.29, 1.82) is 0 Å². The summed E-state index contributed by atoms with van der Waals surface area (Å²) in [7, 11) is 2.39. The number of hydrogen-bond acceptors (Lipinski definition) is 2. The fraction of sp³-hybridized carbons (Fsp3) is 1.00. The average molecular weight is 264 g/mol. The molecule has 3 rings (SSSR count). The number of nitrogens with zero attached hydrogens (tertiary/aromatic N) is 1. The smallest absolute Gasteiger partial charge is 0.0133 e. The minimum absolute atomic E-state index is 0.636. The largest absolute Gasteiger partial charge is 0.314 e. The van der Waals surface area contributed by atoms with Crippen molar-refractivity contribution in [3.8, 4) is 0 Å². The predicted octanol–water partition coefficient (Wildman–Crippen LogP) is 3.13. The van der Waals surface area contributed by atoms with Crippen LogP contribution in [0.2, 0.25) is 0 Å². The fourth-order valence-corrected chi connectivity index (χ4v) is 4.86. The van der Waals surface area contributed by atoms with E-state index in [-0.39, 0.29) is 0 Å². The van der Waals surface area contributed by atoms with E-state index in [4.69, 9.17) is 0 Å². The van der Waals surface area contributed by atoms with Gasteiger partial charge >= 0.3 is 0 Å². The molecule has 0 radical (unpaired) electrons. The number of nitrogens with one attached hydrogen (secondary N) is 1. The van der Waals surface area contributed by atoms with Crippen molar-refractivity contribution in [2.45, 2.75) is 64.5 Å². The van der Waals surface area contributed by atoms with Gasteiger partial charge in [0.05, 0.1) is 0 Å². The summed E-state index contributed by atoms with van der Waals surface area (Å²) in [5, 5.41) is 3.63. The molecule has 0 aromatic heterocycles. The van der Waals surface area contributed by atoms with E-state index in [2.05, 4.69) is 31.1 Å². The van der Waals surface area contributed by atoms with Gasteiger partial charge in [-0.25, -0.2) is 0 Å². The van der Waals surface area contributed by atoms with Gasteiger partial charge in [0.25, 0.3) is 0 Å². The third-order valence-electron chi connectivity index (χ3n) is 6.14. The van der Waals surface area contributed by atoms with Gasteiger partial charge in [-0.3, -0.25) is 0 Å². The summed E-state index contributed by atoms with van der Waals surface area (Å²) in [5.74, 6) is 4.12. The highest BCUT2D eigenvalue weighted by molar-refractivity contribution is 4.94. The lowest BCUT2D eigenvalue weighted by Crippen LogP contribution is -2.51. The molecule has 2 heteroatoms. The Morgan fingerprint density at radius 2 is 1.89 bits per heavy atom.